The highest BCUT2D eigenvalue weighted by molar-refractivity contribution is 5.88. The average Bonchev–Trinajstić information content (AvgIpc) is 2.73. The second-order valence-corrected chi connectivity index (χ2v) is 3.56. The van der Waals surface area contributed by atoms with Crippen LogP contribution in [0.4, 0.5) is 0 Å². The molecule has 0 aromatic rings. The highest BCUT2D eigenvalue weighted by Crippen LogP contribution is 2.18. The van der Waals surface area contributed by atoms with E-state index in [4.69, 9.17) is 0 Å². The molecule has 84 valence electrons. The van der Waals surface area contributed by atoms with Gasteiger partial charge in [-0.05, 0) is 12.8 Å². The number of carbonyl (C=O) groups is 3. The summed E-state index contributed by atoms with van der Waals surface area (Å²) in [5.41, 5.74) is 0. The molecule has 0 unspecified atom stereocenters. The number of carbonyl (C=O) groups excluding carboxylic acids is 3. The maximum atomic E-state index is 11.6. The number of likely N-dealkylation sites (N-methyl/N-ethyl adjacent to an activating group) is 1. The average molecular weight is 212 g/mol. The summed E-state index contributed by atoms with van der Waals surface area (Å²) < 4.78 is 0. The molecule has 1 saturated heterocycles. The molecule has 5 nitrogen and oxygen atoms in total. The van der Waals surface area contributed by atoms with Crippen molar-refractivity contribution < 1.29 is 14.4 Å². The lowest BCUT2D eigenvalue weighted by Gasteiger charge is -2.22. The van der Waals surface area contributed by atoms with E-state index in [0.717, 1.165) is 12.7 Å². The van der Waals surface area contributed by atoms with Gasteiger partial charge in [-0.2, -0.15) is 0 Å². The standard InChI is InChI=1S/C10H16N2O3/c1-11-10(15)8-4-2-6-12(8)9(14)5-3-7-13/h7-8H,2-6H2,1H3,(H,11,15)/t8-/m0/s1. The van der Waals surface area contributed by atoms with Crippen molar-refractivity contribution in [3.8, 4) is 0 Å². The van der Waals surface area contributed by atoms with Crippen molar-refractivity contribution in [2.24, 2.45) is 0 Å². The zero-order valence-corrected chi connectivity index (χ0v) is 8.86. The molecular weight excluding hydrogens is 196 g/mol. The molecule has 1 fully saturated rings. The van der Waals surface area contributed by atoms with E-state index >= 15 is 0 Å². The van der Waals surface area contributed by atoms with Crippen LogP contribution in [-0.2, 0) is 14.4 Å². The van der Waals surface area contributed by atoms with Crippen LogP contribution in [0, 0.1) is 0 Å². The number of likely N-dealkylation sites (tertiary alicyclic amines) is 1. The fourth-order valence-electron chi connectivity index (χ4n) is 1.83. The lowest BCUT2D eigenvalue weighted by molar-refractivity contribution is -0.138. The predicted molar refractivity (Wildman–Crippen MR) is 54.1 cm³/mol. The lowest BCUT2D eigenvalue weighted by Crippen LogP contribution is -2.44. The Kier molecular flexibility index (Phi) is 4.27. The number of hydrogen-bond acceptors (Lipinski definition) is 3. The van der Waals surface area contributed by atoms with Gasteiger partial charge in [-0.25, -0.2) is 0 Å². The van der Waals surface area contributed by atoms with Crippen LogP contribution >= 0.6 is 0 Å². The van der Waals surface area contributed by atoms with Crippen LogP contribution in [0.3, 0.4) is 0 Å². The Hall–Kier alpha value is -1.39. The van der Waals surface area contributed by atoms with Crippen molar-refractivity contribution in [2.45, 2.75) is 31.7 Å². The van der Waals surface area contributed by atoms with Crippen molar-refractivity contribution in [1.82, 2.24) is 10.2 Å². The molecule has 1 heterocycles. The van der Waals surface area contributed by atoms with E-state index < -0.39 is 0 Å². The van der Waals surface area contributed by atoms with E-state index in [2.05, 4.69) is 5.32 Å². The van der Waals surface area contributed by atoms with Crippen molar-refractivity contribution in [3.63, 3.8) is 0 Å². The van der Waals surface area contributed by atoms with E-state index in [1.165, 1.54) is 0 Å². The van der Waals surface area contributed by atoms with Crippen molar-refractivity contribution in [2.75, 3.05) is 13.6 Å². The van der Waals surface area contributed by atoms with Crippen LogP contribution in [-0.4, -0.2) is 42.6 Å². The van der Waals surface area contributed by atoms with Crippen LogP contribution in [0.15, 0.2) is 0 Å². The first kappa shape index (κ1) is 11.7. The fraction of sp³-hybridized carbons (Fsp3) is 0.700. The molecule has 1 aliphatic rings. The molecule has 0 spiro atoms. The van der Waals surface area contributed by atoms with Gasteiger partial charge in [0, 0.05) is 26.4 Å². The topological polar surface area (TPSA) is 66.5 Å². The van der Waals surface area contributed by atoms with Gasteiger partial charge in [0.15, 0.2) is 0 Å². The van der Waals surface area contributed by atoms with Crippen LogP contribution < -0.4 is 5.32 Å². The number of hydrogen-bond donors (Lipinski definition) is 1. The SMILES string of the molecule is CNC(=O)[C@@H]1CCCN1C(=O)CCC=O. The number of aldehydes is 1. The molecule has 0 bridgehead atoms. The van der Waals surface area contributed by atoms with Crippen LogP contribution in [0.25, 0.3) is 0 Å². The van der Waals surface area contributed by atoms with Crippen LogP contribution in [0.2, 0.25) is 0 Å². The zero-order chi connectivity index (χ0) is 11.3. The molecule has 0 radical (unpaired) electrons. The van der Waals surface area contributed by atoms with Crippen molar-refractivity contribution >= 4 is 18.1 Å². The monoisotopic (exact) mass is 212 g/mol. The minimum Gasteiger partial charge on any atom is -0.357 e. The quantitative estimate of drug-likeness (QED) is 0.651. The summed E-state index contributed by atoms with van der Waals surface area (Å²) in [5.74, 6) is -0.222. The first-order chi connectivity index (χ1) is 7.20. The van der Waals surface area contributed by atoms with Gasteiger partial charge in [0.1, 0.15) is 12.3 Å². The third-order valence-corrected chi connectivity index (χ3v) is 2.60. The minimum absolute atomic E-state index is 0.104. The molecule has 0 aromatic heterocycles. The van der Waals surface area contributed by atoms with Crippen molar-refractivity contribution in [3.05, 3.63) is 0 Å². The van der Waals surface area contributed by atoms with Gasteiger partial charge in [-0.1, -0.05) is 0 Å². The third kappa shape index (κ3) is 2.78. The summed E-state index contributed by atoms with van der Waals surface area (Å²) in [6, 6.07) is -0.339. The molecule has 1 aliphatic heterocycles. The molecule has 0 aliphatic carbocycles. The first-order valence-electron chi connectivity index (χ1n) is 5.15. The summed E-state index contributed by atoms with van der Waals surface area (Å²) in [4.78, 5) is 34.8. The fourth-order valence-corrected chi connectivity index (χ4v) is 1.83. The van der Waals surface area contributed by atoms with Crippen molar-refractivity contribution in [1.29, 1.82) is 0 Å². The van der Waals surface area contributed by atoms with Gasteiger partial charge in [0.25, 0.3) is 0 Å². The maximum Gasteiger partial charge on any atom is 0.242 e. The number of nitrogens with zero attached hydrogens (tertiary/aromatic N) is 1. The highest BCUT2D eigenvalue weighted by Gasteiger charge is 2.32. The Morgan fingerprint density at radius 2 is 2.27 bits per heavy atom. The van der Waals surface area contributed by atoms with Gasteiger partial charge in [-0.3, -0.25) is 9.59 Å². The summed E-state index contributed by atoms with van der Waals surface area (Å²) in [6.07, 6.45) is 2.73. The van der Waals surface area contributed by atoms with Gasteiger partial charge in [-0.15, -0.1) is 0 Å². The normalized spacial score (nSPS) is 20.1. The summed E-state index contributed by atoms with van der Waals surface area (Å²) in [7, 11) is 1.56. The van der Waals surface area contributed by atoms with E-state index in [-0.39, 0.29) is 30.7 Å². The van der Waals surface area contributed by atoms with E-state index in [1.54, 1.807) is 11.9 Å². The summed E-state index contributed by atoms with van der Waals surface area (Å²) >= 11 is 0. The molecule has 2 amide bonds. The van der Waals surface area contributed by atoms with Crippen LogP contribution in [0.5, 0.6) is 0 Å². The number of nitrogens with one attached hydrogen (secondary N) is 1. The van der Waals surface area contributed by atoms with Gasteiger partial charge in [0.2, 0.25) is 11.8 Å². The van der Waals surface area contributed by atoms with E-state index in [0.29, 0.717) is 13.0 Å². The second kappa shape index (κ2) is 5.48. The maximum absolute atomic E-state index is 11.6. The Morgan fingerprint density at radius 3 is 2.87 bits per heavy atom. The largest absolute Gasteiger partial charge is 0.357 e. The molecule has 5 heteroatoms. The number of rotatable bonds is 4. The smallest absolute Gasteiger partial charge is 0.242 e. The molecule has 1 rings (SSSR count). The Labute approximate surface area is 88.8 Å². The molecule has 15 heavy (non-hydrogen) atoms. The van der Waals surface area contributed by atoms with Gasteiger partial charge in [0.05, 0.1) is 0 Å². The van der Waals surface area contributed by atoms with Crippen LogP contribution in [0.1, 0.15) is 25.7 Å². The zero-order valence-electron chi connectivity index (χ0n) is 8.86. The van der Waals surface area contributed by atoms with Gasteiger partial charge < -0.3 is 15.0 Å². The molecule has 1 N–H and O–H groups in total. The second-order valence-electron chi connectivity index (χ2n) is 3.56. The molecule has 1 atom stereocenters. The minimum atomic E-state index is -0.339. The summed E-state index contributed by atoms with van der Waals surface area (Å²) in [6.45, 7) is 0.621. The van der Waals surface area contributed by atoms with Gasteiger partial charge >= 0.3 is 0 Å². The Morgan fingerprint density at radius 1 is 1.53 bits per heavy atom. The molecule has 0 saturated carbocycles. The predicted octanol–water partition coefficient (Wildman–Crippen LogP) is -0.298. The lowest BCUT2D eigenvalue weighted by atomic mass is 10.2. The Balaban J connectivity index is 2.55. The molecule has 0 aromatic carbocycles. The third-order valence-electron chi connectivity index (χ3n) is 2.60. The highest BCUT2D eigenvalue weighted by atomic mass is 16.2. The van der Waals surface area contributed by atoms with E-state index in [1.807, 2.05) is 0 Å². The first-order valence-corrected chi connectivity index (χ1v) is 5.15. The Bertz CT molecular complexity index is 265. The summed E-state index contributed by atoms with van der Waals surface area (Å²) in [5, 5.41) is 2.55. The van der Waals surface area contributed by atoms with E-state index in [9.17, 15) is 14.4 Å². The molecular formula is C10H16N2O3. The number of amides is 2.